The van der Waals surface area contributed by atoms with Crippen LogP contribution in [0.25, 0.3) is 22.2 Å². The third kappa shape index (κ3) is 7.52. The van der Waals surface area contributed by atoms with Crippen molar-refractivity contribution in [3.8, 4) is 11.1 Å². The molecule has 2 aromatic heterocycles. The zero-order chi connectivity index (χ0) is 32.4. The number of benzene rings is 2. The van der Waals surface area contributed by atoms with Crippen molar-refractivity contribution < 1.29 is 17.9 Å². The minimum atomic E-state index is -4.70. The number of pyridine rings is 1. The van der Waals surface area contributed by atoms with Crippen molar-refractivity contribution in [1.29, 1.82) is 0 Å². The number of nitrogens with one attached hydrogen (secondary N) is 3. The van der Waals surface area contributed by atoms with Gasteiger partial charge in [-0.3, -0.25) is 9.36 Å². The largest absolute Gasteiger partial charge is 0.406 e. The van der Waals surface area contributed by atoms with E-state index in [1.807, 2.05) is 24.3 Å². The second-order valence-corrected chi connectivity index (χ2v) is 14.2. The lowest BCUT2D eigenvalue weighted by molar-refractivity contribution is -0.140. The van der Waals surface area contributed by atoms with Crippen LogP contribution < -0.4 is 21.5 Å². The fraction of sp³-hybridized carbons (Fsp3) is 0.375. The van der Waals surface area contributed by atoms with E-state index in [4.69, 9.17) is 27.9 Å². The van der Waals surface area contributed by atoms with Gasteiger partial charge in [0, 0.05) is 57.9 Å². The maximum atomic E-state index is 13.8. The molecule has 4 aromatic rings. The highest BCUT2D eigenvalue weighted by Crippen LogP contribution is 2.42. The average molecular weight is 694 g/mol. The first-order valence-electron chi connectivity index (χ1n) is 15.0. The molecule has 1 atom stereocenters. The quantitative estimate of drug-likeness (QED) is 0.165. The second-order valence-electron chi connectivity index (χ2n) is 11.4. The first-order valence-corrected chi connectivity index (χ1v) is 17.2. The van der Waals surface area contributed by atoms with Gasteiger partial charge >= 0.3 is 6.18 Å². The minimum absolute atomic E-state index is 0.0469. The van der Waals surface area contributed by atoms with E-state index in [2.05, 4.69) is 31.8 Å². The van der Waals surface area contributed by atoms with E-state index in [-0.39, 0.29) is 38.2 Å². The summed E-state index contributed by atoms with van der Waals surface area (Å²) in [4.78, 5) is 23.2. The van der Waals surface area contributed by atoms with Crippen LogP contribution in [0.15, 0.2) is 58.4 Å². The number of rotatable bonds is 8. The second kappa shape index (κ2) is 13.9. The number of anilines is 3. The molecule has 3 N–H and O–H groups in total. The summed E-state index contributed by atoms with van der Waals surface area (Å²) in [5.74, 6) is 4.38. The maximum absolute atomic E-state index is 13.8. The predicted molar refractivity (Wildman–Crippen MR) is 181 cm³/mol. The highest BCUT2D eigenvalue weighted by atomic mass is 35.5. The van der Waals surface area contributed by atoms with Gasteiger partial charge in [-0.05, 0) is 81.2 Å². The Kier molecular flexibility index (Phi) is 9.91. The van der Waals surface area contributed by atoms with E-state index < -0.39 is 28.8 Å². The molecule has 0 saturated carbocycles. The van der Waals surface area contributed by atoms with Crippen LogP contribution >= 0.6 is 33.7 Å². The zero-order valence-electron chi connectivity index (χ0n) is 24.8. The molecule has 0 bridgehead atoms. The van der Waals surface area contributed by atoms with Crippen LogP contribution in [0.2, 0.25) is 10.0 Å². The van der Waals surface area contributed by atoms with Gasteiger partial charge < -0.3 is 20.7 Å². The van der Waals surface area contributed by atoms with Crippen LogP contribution in [-0.2, 0) is 11.3 Å². The van der Waals surface area contributed by atoms with Gasteiger partial charge in [0.1, 0.15) is 12.2 Å². The molecule has 244 valence electrons. The van der Waals surface area contributed by atoms with Gasteiger partial charge in [-0.2, -0.15) is 28.6 Å². The molecule has 2 fully saturated rings. The Hall–Kier alpha value is -3.16. The molecular weight excluding hydrogens is 660 g/mol. The summed E-state index contributed by atoms with van der Waals surface area (Å²) in [5, 5.41) is 10.7. The van der Waals surface area contributed by atoms with E-state index in [1.54, 1.807) is 12.1 Å². The Morgan fingerprint density at radius 2 is 1.67 bits per heavy atom. The van der Waals surface area contributed by atoms with Crippen molar-refractivity contribution in [1.82, 2.24) is 19.9 Å². The van der Waals surface area contributed by atoms with Crippen molar-refractivity contribution >= 4 is 67.9 Å². The number of hydrogen-bond donors (Lipinski definition) is 3. The van der Waals surface area contributed by atoms with E-state index in [0.29, 0.717) is 34.8 Å². The lowest BCUT2D eigenvalue weighted by Crippen LogP contribution is -2.35. The minimum Gasteiger partial charge on any atom is -0.382 e. The lowest BCUT2D eigenvalue weighted by Gasteiger charge is -2.25. The lowest BCUT2D eigenvalue weighted by atomic mass is 10.1. The van der Waals surface area contributed by atoms with E-state index >= 15 is 0 Å². The van der Waals surface area contributed by atoms with Crippen LogP contribution in [0.4, 0.5) is 30.5 Å². The summed E-state index contributed by atoms with van der Waals surface area (Å²) in [6.07, 6.45) is 0.451. The molecule has 6 rings (SSSR count). The molecule has 4 heterocycles. The summed E-state index contributed by atoms with van der Waals surface area (Å²) >= 11 is 13.4. The molecule has 2 aliphatic rings. The first kappa shape index (κ1) is 32.8. The third-order valence-electron chi connectivity index (χ3n) is 8.17. The van der Waals surface area contributed by atoms with Gasteiger partial charge in [0.2, 0.25) is 5.95 Å². The first-order chi connectivity index (χ1) is 22.1. The van der Waals surface area contributed by atoms with Crippen LogP contribution in [0, 0.1) is 0 Å². The van der Waals surface area contributed by atoms with Crippen molar-refractivity contribution in [3.05, 3.63) is 69.1 Å². The Morgan fingerprint density at radius 1 is 1.02 bits per heavy atom. The Labute approximate surface area is 276 Å². The fourth-order valence-electron chi connectivity index (χ4n) is 5.82. The van der Waals surface area contributed by atoms with Gasteiger partial charge in [0.15, 0.2) is 0 Å². The summed E-state index contributed by atoms with van der Waals surface area (Å²) in [7, 11) is -0.437. The average Bonchev–Trinajstić information content (AvgIpc) is 3.03. The van der Waals surface area contributed by atoms with E-state index in [9.17, 15) is 18.0 Å². The van der Waals surface area contributed by atoms with Gasteiger partial charge in [0.05, 0.1) is 15.6 Å². The van der Waals surface area contributed by atoms with Gasteiger partial charge in [-0.25, -0.2) is 4.98 Å². The van der Waals surface area contributed by atoms with E-state index in [1.165, 1.54) is 12.3 Å². The van der Waals surface area contributed by atoms with Gasteiger partial charge in [0.25, 0.3) is 5.56 Å². The summed E-state index contributed by atoms with van der Waals surface area (Å²) in [5.41, 5.74) is 0.588. The number of aromatic nitrogens is 3. The van der Waals surface area contributed by atoms with E-state index in [0.717, 1.165) is 49.4 Å². The molecule has 0 spiro atoms. The number of halogens is 5. The predicted octanol–water partition coefficient (Wildman–Crippen LogP) is 7.47. The summed E-state index contributed by atoms with van der Waals surface area (Å²) in [6.45, 7) is 1.70. The fourth-order valence-corrected chi connectivity index (χ4v) is 8.32. The van der Waals surface area contributed by atoms with Crippen LogP contribution in [-0.4, -0.2) is 64.2 Å². The number of nitrogens with zero attached hydrogens (tertiary/aromatic N) is 3. The van der Waals surface area contributed by atoms with Gasteiger partial charge in [-0.15, -0.1) is 0 Å². The standard InChI is InChI=1S/C32H33Cl2F3N6O2S/c1-46(23-8-12-45-13-9-23)24-15-26(33)28(27(34)16-24)25-14-19-17-39-31(42-29(19)43(30(25)44)18-32(35,36)37)41-21-4-2-20(3-5-21)40-22-6-10-38-11-7-22/h2-5,14-17,22-23,38,40H,1,6-13,18H2,(H,39,41,42). The monoisotopic (exact) mass is 692 g/mol. The Bertz CT molecular complexity index is 1780. The van der Waals surface area contributed by atoms with Gasteiger partial charge in [-0.1, -0.05) is 29.1 Å². The number of hydrogen-bond acceptors (Lipinski definition) is 7. The molecule has 1 unspecified atom stereocenters. The zero-order valence-corrected chi connectivity index (χ0v) is 27.1. The maximum Gasteiger partial charge on any atom is 0.406 e. The molecule has 8 nitrogen and oxygen atoms in total. The Morgan fingerprint density at radius 3 is 2.33 bits per heavy atom. The number of fused-ring (bicyclic) bond motifs is 1. The smallest absolute Gasteiger partial charge is 0.382 e. The molecular formula is C32H33Cl2F3N6O2S. The van der Waals surface area contributed by atoms with Crippen molar-refractivity contribution in [2.24, 2.45) is 0 Å². The molecule has 0 aliphatic carbocycles. The normalized spacial score (nSPS) is 17.2. The highest BCUT2D eigenvalue weighted by Gasteiger charge is 2.31. The number of ether oxygens (including phenoxy) is 1. The molecule has 2 aromatic carbocycles. The molecule has 14 heteroatoms. The molecule has 0 radical (unpaired) electrons. The summed E-state index contributed by atoms with van der Waals surface area (Å²) in [6, 6.07) is 12.7. The van der Waals surface area contributed by atoms with Crippen LogP contribution in [0.5, 0.6) is 0 Å². The topological polar surface area (TPSA) is 93.1 Å². The van der Waals surface area contributed by atoms with Crippen molar-refractivity contribution in [2.45, 2.75) is 54.6 Å². The molecule has 46 heavy (non-hydrogen) atoms. The molecule has 0 amide bonds. The number of piperidine rings is 1. The molecule has 2 aliphatic heterocycles. The van der Waals surface area contributed by atoms with Crippen LogP contribution in [0.1, 0.15) is 25.7 Å². The molecule has 2 saturated heterocycles. The Balaban J connectivity index is 1.32. The highest BCUT2D eigenvalue weighted by molar-refractivity contribution is 8.14. The van der Waals surface area contributed by atoms with Crippen molar-refractivity contribution in [3.63, 3.8) is 0 Å². The third-order valence-corrected chi connectivity index (χ3v) is 10.9. The van der Waals surface area contributed by atoms with Crippen molar-refractivity contribution in [2.75, 3.05) is 36.9 Å². The number of alkyl halides is 3. The SMILES string of the molecule is C=S(c1cc(Cl)c(-c2cc3cnc(Nc4ccc(NC5CCNCC5)cc4)nc3n(CC(F)(F)F)c2=O)c(Cl)c1)C1CCOCC1. The van der Waals surface area contributed by atoms with Crippen LogP contribution in [0.3, 0.4) is 0 Å². The summed E-state index contributed by atoms with van der Waals surface area (Å²) < 4.78 is 47.5.